The molecule has 2 rings (SSSR count). The summed E-state index contributed by atoms with van der Waals surface area (Å²) in [5, 5.41) is 0.439. The van der Waals surface area contributed by atoms with E-state index >= 15 is 0 Å². The van der Waals surface area contributed by atoms with Gasteiger partial charge in [0.05, 0.1) is 17.7 Å². The predicted octanol–water partition coefficient (Wildman–Crippen LogP) is 0.402. The van der Waals surface area contributed by atoms with Crippen LogP contribution in [0.2, 0.25) is 0 Å². The molecule has 1 aliphatic rings. The first-order valence-corrected chi connectivity index (χ1v) is 5.81. The molecule has 0 radical (unpaired) electrons. The fraction of sp³-hybridized carbons (Fsp3) is 0.308. The summed E-state index contributed by atoms with van der Waals surface area (Å²) in [6, 6.07) is 6.23. The molecule has 1 heterocycles. The topological polar surface area (TPSA) is 82.1 Å². The molecule has 0 N–H and O–H groups in total. The Labute approximate surface area is 115 Å². The average molecular weight is 279 g/mol. The van der Waals surface area contributed by atoms with Gasteiger partial charge in [0.15, 0.2) is 6.10 Å². The first-order valence-electron chi connectivity index (χ1n) is 5.81. The van der Waals surface area contributed by atoms with Crippen molar-refractivity contribution in [1.29, 1.82) is 0 Å². The Bertz CT molecular complexity index is 521. The number of ether oxygens (including phenoxy) is 2. The summed E-state index contributed by atoms with van der Waals surface area (Å²) in [6.45, 7) is -0.0432. The molecule has 0 fully saturated rings. The highest BCUT2D eigenvalue weighted by Gasteiger charge is 2.39. The maximum atomic E-state index is 12.0. The molecule has 2 amide bonds. The molecule has 0 spiro atoms. The van der Waals surface area contributed by atoms with Gasteiger partial charge in [0.2, 0.25) is 0 Å². The second kappa shape index (κ2) is 5.81. The Morgan fingerprint density at radius 2 is 1.70 bits per heavy atom. The highest BCUT2D eigenvalue weighted by molar-refractivity contribution is 6.20. The Balaban J connectivity index is 2.14. The minimum atomic E-state index is -1.01. The van der Waals surface area contributed by atoms with E-state index in [-0.39, 0.29) is 17.7 Å². The van der Waals surface area contributed by atoms with Crippen molar-refractivity contribution < 1.29 is 28.7 Å². The first kappa shape index (κ1) is 14.2. The molecule has 1 aromatic rings. The number of carbonyl (C=O) groups excluding carboxylic acids is 3. The number of imide groups is 1. The van der Waals surface area contributed by atoms with Crippen molar-refractivity contribution in [3.05, 3.63) is 35.4 Å². The largest absolute Gasteiger partial charge is 0.381 e. The molecule has 0 saturated heterocycles. The van der Waals surface area contributed by atoms with Gasteiger partial charge in [0, 0.05) is 14.2 Å². The summed E-state index contributed by atoms with van der Waals surface area (Å²) >= 11 is 0. The minimum absolute atomic E-state index is 0.0432. The number of rotatable bonds is 5. The average Bonchev–Trinajstić information content (AvgIpc) is 2.70. The lowest BCUT2D eigenvalue weighted by atomic mass is 10.1. The van der Waals surface area contributed by atoms with Crippen LogP contribution in [0.1, 0.15) is 20.7 Å². The van der Waals surface area contributed by atoms with Gasteiger partial charge in [-0.2, -0.15) is 0 Å². The van der Waals surface area contributed by atoms with Crippen LogP contribution >= 0.6 is 0 Å². The standard InChI is InChI=1S/C13H13NO6/c1-18-7-10(19-2)13(17)20-14-11(15)8-5-3-4-6-9(8)12(14)16/h3-6,10H,7H2,1-2H3. The van der Waals surface area contributed by atoms with Crippen LogP contribution < -0.4 is 0 Å². The van der Waals surface area contributed by atoms with Crippen molar-refractivity contribution in [3.63, 3.8) is 0 Å². The molecule has 1 unspecified atom stereocenters. The van der Waals surface area contributed by atoms with Crippen LogP contribution in [0, 0.1) is 0 Å². The van der Waals surface area contributed by atoms with Crippen molar-refractivity contribution in [2.24, 2.45) is 0 Å². The van der Waals surface area contributed by atoms with Crippen LogP contribution in [0.4, 0.5) is 0 Å². The molecule has 7 heteroatoms. The molecule has 0 aromatic heterocycles. The van der Waals surface area contributed by atoms with E-state index in [2.05, 4.69) is 0 Å². The number of amides is 2. The van der Waals surface area contributed by atoms with E-state index in [9.17, 15) is 14.4 Å². The van der Waals surface area contributed by atoms with Gasteiger partial charge in [-0.1, -0.05) is 17.2 Å². The Morgan fingerprint density at radius 1 is 1.15 bits per heavy atom. The van der Waals surface area contributed by atoms with Crippen LogP contribution in [0.25, 0.3) is 0 Å². The van der Waals surface area contributed by atoms with Crippen LogP contribution in [0.15, 0.2) is 24.3 Å². The van der Waals surface area contributed by atoms with Gasteiger partial charge in [0.25, 0.3) is 11.8 Å². The number of benzene rings is 1. The zero-order valence-electron chi connectivity index (χ0n) is 11.0. The third kappa shape index (κ3) is 2.40. The predicted molar refractivity (Wildman–Crippen MR) is 65.7 cm³/mol. The molecule has 1 aliphatic heterocycles. The second-order valence-electron chi connectivity index (χ2n) is 4.04. The van der Waals surface area contributed by atoms with Crippen LogP contribution in [-0.4, -0.2) is 49.8 Å². The smallest absolute Gasteiger partial charge is 0.364 e. The van der Waals surface area contributed by atoms with Gasteiger partial charge < -0.3 is 14.3 Å². The van der Waals surface area contributed by atoms with Crippen molar-refractivity contribution in [2.45, 2.75) is 6.10 Å². The monoisotopic (exact) mass is 279 g/mol. The summed E-state index contributed by atoms with van der Waals surface area (Å²) < 4.78 is 9.64. The number of carbonyl (C=O) groups is 3. The second-order valence-corrected chi connectivity index (χ2v) is 4.04. The first-order chi connectivity index (χ1) is 9.60. The number of methoxy groups -OCH3 is 2. The van der Waals surface area contributed by atoms with E-state index in [4.69, 9.17) is 14.3 Å². The van der Waals surface area contributed by atoms with Crippen molar-refractivity contribution in [1.82, 2.24) is 5.06 Å². The van der Waals surface area contributed by atoms with Crippen LogP contribution in [0.3, 0.4) is 0 Å². The van der Waals surface area contributed by atoms with Gasteiger partial charge in [0.1, 0.15) is 0 Å². The summed E-state index contributed by atoms with van der Waals surface area (Å²) in [4.78, 5) is 40.5. The van der Waals surface area contributed by atoms with E-state index in [1.165, 1.54) is 26.4 Å². The van der Waals surface area contributed by atoms with Crippen molar-refractivity contribution in [2.75, 3.05) is 20.8 Å². The Kier molecular flexibility index (Phi) is 4.11. The summed E-state index contributed by atoms with van der Waals surface area (Å²) in [5.41, 5.74) is 0.400. The van der Waals surface area contributed by atoms with Gasteiger partial charge in [-0.25, -0.2) is 4.79 Å². The van der Waals surface area contributed by atoms with E-state index in [0.717, 1.165) is 0 Å². The summed E-state index contributed by atoms with van der Waals surface area (Å²) in [5.74, 6) is -2.22. The molecule has 7 nitrogen and oxygen atoms in total. The quantitative estimate of drug-likeness (QED) is 0.726. The number of nitrogens with zero attached hydrogens (tertiary/aromatic N) is 1. The lowest BCUT2D eigenvalue weighted by Crippen LogP contribution is -2.39. The maximum absolute atomic E-state index is 12.0. The minimum Gasteiger partial charge on any atom is -0.381 e. The Morgan fingerprint density at radius 3 is 2.15 bits per heavy atom. The molecule has 106 valence electrons. The van der Waals surface area contributed by atoms with Gasteiger partial charge in [-0.3, -0.25) is 9.59 Å². The van der Waals surface area contributed by atoms with Gasteiger partial charge in [-0.15, -0.1) is 0 Å². The number of hydrogen-bond donors (Lipinski definition) is 0. The molecular weight excluding hydrogens is 266 g/mol. The van der Waals surface area contributed by atoms with Crippen molar-refractivity contribution >= 4 is 17.8 Å². The number of fused-ring (bicyclic) bond motifs is 1. The molecule has 0 saturated carbocycles. The van der Waals surface area contributed by atoms with E-state index in [0.29, 0.717) is 5.06 Å². The SMILES string of the molecule is COCC(OC)C(=O)ON1C(=O)c2ccccc2C1=O. The lowest BCUT2D eigenvalue weighted by molar-refractivity contribution is -0.182. The fourth-order valence-electron chi connectivity index (χ4n) is 1.78. The van der Waals surface area contributed by atoms with Gasteiger partial charge in [-0.05, 0) is 12.1 Å². The van der Waals surface area contributed by atoms with Crippen LogP contribution in [-0.2, 0) is 19.1 Å². The molecule has 1 aromatic carbocycles. The third-order valence-electron chi connectivity index (χ3n) is 2.80. The highest BCUT2D eigenvalue weighted by Crippen LogP contribution is 2.22. The molecule has 0 bridgehead atoms. The van der Waals surface area contributed by atoms with E-state index in [1.807, 2.05) is 0 Å². The summed E-state index contributed by atoms with van der Waals surface area (Å²) in [7, 11) is 2.69. The van der Waals surface area contributed by atoms with Crippen LogP contribution in [0.5, 0.6) is 0 Å². The zero-order chi connectivity index (χ0) is 14.7. The number of hydrogen-bond acceptors (Lipinski definition) is 6. The molecule has 0 aliphatic carbocycles. The molecule has 1 atom stereocenters. The third-order valence-corrected chi connectivity index (χ3v) is 2.80. The zero-order valence-corrected chi connectivity index (χ0v) is 11.0. The number of hydroxylamine groups is 2. The molecular formula is C13H13NO6. The maximum Gasteiger partial charge on any atom is 0.364 e. The molecule has 20 heavy (non-hydrogen) atoms. The van der Waals surface area contributed by atoms with E-state index < -0.39 is 23.9 Å². The van der Waals surface area contributed by atoms with Crippen molar-refractivity contribution in [3.8, 4) is 0 Å². The normalized spacial score (nSPS) is 15.2. The lowest BCUT2D eigenvalue weighted by Gasteiger charge is -2.17. The fourth-order valence-corrected chi connectivity index (χ4v) is 1.78. The van der Waals surface area contributed by atoms with Gasteiger partial charge >= 0.3 is 5.97 Å². The summed E-state index contributed by atoms with van der Waals surface area (Å²) in [6.07, 6.45) is -1.01. The highest BCUT2D eigenvalue weighted by atomic mass is 16.7. The Hall–Kier alpha value is -2.25. The van der Waals surface area contributed by atoms with E-state index in [1.54, 1.807) is 12.1 Å².